The Morgan fingerprint density at radius 1 is 1.22 bits per heavy atom. The summed E-state index contributed by atoms with van der Waals surface area (Å²) in [5.74, 6) is -0.000415. The van der Waals surface area contributed by atoms with Crippen molar-refractivity contribution < 1.29 is 9.59 Å². The summed E-state index contributed by atoms with van der Waals surface area (Å²) in [5.41, 5.74) is 2.94. The number of hydrogen-bond acceptors (Lipinski definition) is 4. The monoisotopic (exact) mass is 370 g/mol. The van der Waals surface area contributed by atoms with Crippen LogP contribution in [-0.2, 0) is 6.54 Å². The van der Waals surface area contributed by atoms with Gasteiger partial charge in [-0.05, 0) is 38.2 Å². The minimum atomic E-state index is -0.250. The summed E-state index contributed by atoms with van der Waals surface area (Å²) in [6.07, 6.45) is 0. The number of aryl methyl sites for hydroxylation is 1. The van der Waals surface area contributed by atoms with Gasteiger partial charge in [0.05, 0.1) is 12.2 Å². The van der Waals surface area contributed by atoms with E-state index >= 15 is 0 Å². The fourth-order valence-corrected chi connectivity index (χ4v) is 3.01. The molecule has 2 N–H and O–H groups in total. The molecule has 1 aromatic heterocycles. The largest absolute Gasteiger partial charge is 0.336 e. The number of likely N-dealkylation sites (N-methyl/N-ethyl adjacent to an activating group) is 1. The zero-order valence-corrected chi connectivity index (χ0v) is 16.0. The lowest BCUT2D eigenvalue weighted by Crippen LogP contribution is -2.47. The first-order chi connectivity index (χ1) is 12.9. The molecule has 27 heavy (non-hydrogen) atoms. The van der Waals surface area contributed by atoms with Crippen LogP contribution in [0.1, 0.15) is 21.7 Å². The van der Waals surface area contributed by atoms with Gasteiger partial charge >= 0.3 is 6.03 Å². The lowest BCUT2D eigenvalue weighted by atomic mass is 10.1. The van der Waals surface area contributed by atoms with E-state index in [1.165, 1.54) is 0 Å². The van der Waals surface area contributed by atoms with Crippen LogP contribution in [0.5, 0.6) is 0 Å². The van der Waals surface area contributed by atoms with E-state index in [9.17, 15) is 9.59 Å². The molecule has 1 saturated heterocycles. The number of rotatable bonds is 4. The van der Waals surface area contributed by atoms with Gasteiger partial charge in [0.15, 0.2) is 0 Å². The molecule has 0 spiro atoms. The van der Waals surface area contributed by atoms with Gasteiger partial charge in [-0.1, -0.05) is 6.07 Å². The molecule has 1 fully saturated rings. The lowest BCUT2D eigenvalue weighted by Gasteiger charge is -2.32. The number of aromatic nitrogens is 2. The molecule has 1 aliphatic rings. The van der Waals surface area contributed by atoms with Crippen molar-refractivity contribution in [1.29, 1.82) is 0 Å². The van der Waals surface area contributed by atoms with Crippen LogP contribution in [0.2, 0.25) is 0 Å². The molecule has 0 radical (unpaired) electrons. The van der Waals surface area contributed by atoms with Crippen LogP contribution < -0.4 is 5.32 Å². The molecule has 8 heteroatoms. The molecule has 8 nitrogen and oxygen atoms in total. The van der Waals surface area contributed by atoms with E-state index in [2.05, 4.69) is 27.5 Å². The average molecular weight is 370 g/mol. The molecule has 2 heterocycles. The Labute approximate surface area is 159 Å². The average Bonchev–Trinajstić information content (AvgIpc) is 3.06. The Balaban J connectivity index is 1.61. The van der Waals surface area contributed by atoms with E-state index in [0.29, 0.717) is 17.8 Å². The Kier molecular flexibility index (Phi) is 5.75. The van der Waals surface area contributed by atoms with Gasteiger partial charge in [-0.2, -0.15) is 5.10 Å². The zero-order chi connectivity index (χ0) is 19.4. The molecular formula is C19H26N6O2. The third kappa shape index (κ3) is 4.85. The van der Waals surface area contributed by atoms with Crippen LogP contribution in [-0.4, -0.2) is 77.1 Å². The number of hydrogen-bond donors (Lipinski definition) is 2. The van der Waals surface area contributed by atoms with E-state index in [0.717, 1.165) is 37.6 Å². The number of anilines is 1. The number of carbonyl (C=O) groups is 2. The van der Waals surface area contributed by atoms with Gasteiger partial charge in [-0.25, -0.2) is 4.79 Å². The first-order valence-electron chi connectivity index (χ1n) is 9.03. The smallest absolute Gasteiger partial charge is 0.321 e. The highest BCUT2D eigenvalue weighted by molar-refractivity contribution is 5.97. The third-order valence-corrected chi connectivity index (χ3v) is 4.66. The van der Waals surface area contributed by atoms with Crippen LogP contribution in [0, 0.1) is 6.92 Å². The summed E-state index contributed by atoms with van der Waals surface area (Å²) >= 11 is 0. The molecule has 0 unspecified atom stereocenters. The second kappa shape index (κ2) is 8.22. The minimum Gasteiger partial charge on any atom is -0.336 e. The van der Waals surface area contributed by atoms with Crippen molar-refractivity contribution in [3.63, 3.8) is 0 Å². The van der Waals surface area contributed by atoms with Crippen LogP contribution in [0.4, 0.5) is 10.5 Å². The van der Waals surface area contributed by atoms with E-state index in [4.69, 9.17) is 0 Å². The van der Waals surface area contributed by atoms with E-state index < -0.39 is 0 Å². The number of benzene rings is 1. The summed E-state index contributed by atoms with van der Waals surface area (Å²) in [4.78, 5) is 30.7. The predicted molar refractivity (Wildman–Crippen MR) is 104 cm³/mol. The van der Waals surface area contributed by atoms with Gasteiger partial charge in [0.25, 0.3) is 5.91 Å². The van der Waals surface area contributed by atoms with Crippen LogP contribution in [0.25, 0.3) is 0 Å². The number of amides is 3. The summed E-state index contributed by atoms with van der Waals surface area (Å²) in [5, 5.41) is 9.85. The number of H-pyrrole nitrogens is 1. The van der Waals surface area contributed by atoms with E-state index in [1.807, 2.05) is 17.9 Å². The molecule has 2 aromatic rings. The van der Waals surface area contributed by atoms with E-state index in [-0.39, 0.29) is 11.9 Å². The Morgan fingerprint density at radius 3 is 2.63 bits per heavy atom. The normalized spacial score (nSPS) is 14.9. The SMILES string of the molecule is Cc1cc(CN(C)C(=O)Nc2cccc(C(=O)N3CCN(C)CC3)c2)n[nH]1. The Morgan fingerprint density at radius 2 is 1.96 bits per heavy atom. The molecule has 1 aliphatic heterocycles. The number of nitrogens with zero attached hydrogens (tertiary/aromatic N) is 4. The van der Waals surface area contributed by atoms with Crippen molar-refractivity contribution in [2.24, 2.45) is 0 Å². The van der Waals surface area contributed by atoms with Crippen LogP contribution >= 0.6 is 0 Å². The molecule has 0 saturated carbocycles. The topological polar surface area (TPSA) is 84.6 Å². The van der Waals surface area contributed by atoms with Gasteiger partial charge in [0.1, 0.15) is 0 Å². The number of carbonyl (C=O) groups excluding carboxylic acids is 2. The molecule has 3 rings (SSSR count). The van der Waals surface area contributed by atoms with Crippen molar-refractivity contribution in [1.82, 2.24) is 24.9 Å². The maximum Gasteiger partial charge on any atom is 0.321 e. The van der Waals surface area contributed by atoms with Crippen molar-refractivity contribution >= 4 is 17.6 Å². The van der Waals surface area contributed by atoms with Gasteiger partial charge in [-0.15, -0.1) is 0 Å². The van der Waals surface area contributed by atoms with Gasteiger partial charge < -0.3 is 20.0 Å². The fraction of sp³-hybridized carbons (Fsp3) is 0.421. The minimum absolute atomic E-state index is 0.000415. The molecule has 0 bridgehead atoms. The molecule has 0 aliphatic carbocycles. The highest BCUT2D eigenvalue weighted by atomic mass is 16.2. The molecule has 144 valence electrons. The summed E-state index contributed by atoms with van der Waals surface area (Å²) < 4.78 is 0. The molecule has 0 atom stereocenters. The fourth-order valence-electron chi connectivity index (χ4n) is 3.01. The molecular weight excluding hydrogens is 344 g/mol. The van der Waals surface area contributed by atoms with Crippen LogP contribution in [0.3, 0.4) is 0 Å². The number of nitrogens with one attached hydrogen (secondary N) is 2. The molecule has 3 amide bonds. The maximum absolute atomic E-state index is 12.7. The summed E-state index contributed by atoms with van der Waals surface area (Å²) in [7, 11) is 3.76. The van der Waals surface area contributed by atoms with E-state index in [1.54, 1.807) is 36.2 Å². The standard InChI is InChI=1S/C19H26N6O2/c1-14-11-17(22-21-14)13-24(3)19(27)20-16-6-4-5-15(12-16)18(26)25-9-7-23(2)8-10-25/h4-6,11-12H,7-10,13H2,1-3H3,(H,20,27)(H,21,22). The first-order valence-corrected chi connectivity index (χ1v) is 9.03. The van der Waals surface area contributed by atoms with Gasteiger partial charge in [0.2, 0.25) is 0 Å². The van der Waals surface area contributed by atoms with Gasteiger partial charge in [0, 0.05) is 50.2 Å². The summed E-state index contributed by atoms with van der Waals surface area (Å²) in [6.45, 7) is 5.50. The third-order valence-electron chi connectivity index (χ3n) is 4.66. The van der Waals surface area contributed by atoms with Gasteiger partial charge in [-0.3, -0.25) is 9.89 Å². The highest BCUT2D eigenvalue weighted by Gasteiger charge is 2.20. The van der Waals surface area contributed by atoms with Crippen molar-refractivity contribution in [2.45, 2.75) is 13.5 Å². The first kappa shape index (κ1) is 18.9. The maximum atomic E-state index is 12.7. The number of aromatic amines is 1. The van der Waals surface area contributed by atoms with Crippen molar-refractivity contribution in [3.05, 3.63) is 47.3 Å². The Bertz CT molecular complexity index is 810. The zero-order valence-electron chi connectivity index (χ0n) is 16.0. The lowest BCUT2D eigenvalue weighted by molar-refractivity contribution is 0.0664. The quantitative estimate of drug-likeness (QED) is 0.859. The van der Waals surface area contributed by atoms with Crippen LogP contribution in [0.15, 0.2) is 30.3 Å². The highest BCUT2D eigenvalue weighted by Crippen LogP contribution is 2.15. The second-order valence-corrected chi connectivity index (χ2v) is 7.00. The second-order valence-electron chi connectivity index (χ2n) is 7.00. The number of piperazine rings is 1. The number of urea groups is 1. The van der Waals surface area contributed by atoms with Crippen molar-refractivity contribution in [3.8, 4) is 0 Å². The van der Waals surface area contributed by atoms with Crippen molar-refractivity contribution in [2.75, 3.05) is 45.6 Å². The Hall–Kier alpha value is -2.87. The predicted octanol–water partition coefficient (Wildman–Crippen LogP) is 1.77. The summed E-state index contributed by atoms with van der Waals surface area (Å²) in [6, 6.07) is 8.73. The molecule has 1 aromatic carbocycles.